The molecule has 1 aliphatic heterocycles. The minimum absolute atomic E-state index is 0. The Kier molecular flexibility index (Phi) is 9.66. The van der Waals surface area contributed by atoms with Gasteiger partial charge >= 0.3 is 0 Å². The number of nitrogens with zero attached hydrogens (tertiary/aromatic N) is 3. The van der Waals surface area contributed by atoms with Crippen molar-refractivity contribution >= 4 is 41.3 Å². The van der Waals surface area contributed by atoms with E-state index in [0.717, 1.165) is 36.2 Å². The van der Waals surface area contributed by atoms with Crippen LogP contribution in [0.5, 0.6) is 0 Å². The molecule has 7 heteroatoms. The summed E-state index contributed by atoms with van der Waals surface area (Å²) in [6.07, 6.45) is 5.02. The van der Waals surface area contributed by atoms with Crippen molar-refractivity contribution in [3.63, 3.8) is 0 Å². The van der Waals surface area contributed by atoms with Crippen molar-refractivity contribution in [3.8, 4) is 0 Å². The highest BCUT2D eigenvalue weighted by Gasteiger charge is 2.27. The van der Waals surface area contributed by atoms with Gasteiger partial charge in [0.15, 0.2) is 5.96 Å². The second-order valence-electron chi connectivity index (χ2n) is 7.20. The third-order valence-corrected chi connectivity index (χ3v) is 5.90. The Labute approximate surface area is 174 Å². The van der Waals surface area contributed by atoms with Crippen LogP contribution in [0.2, 0.25) is 0 Å². The molecule has 0 unspecified atom stereocenters. The van der Waals surface area contributed by atoms with E-state index < -0.39 is 0 Å². The first-order valence-corrected chi connectivity index (χ1v) is 9.86. The fourth-order valence-corrected chi connectivity index (χ4v) is 4.17. The Bertz CT molecular complexity index is 550. The molecule has 1 aromatic heterocycles. The van der Waals surface area contributed by atoms with Gasteiger partial charge in [-0.15, -0.1) is 35.3 Å². The van der Waals surface area contributed by atoms with Crippen molar-refractivity contribution in [2.45, 2.75) is 58.9 Å². The summed E-state index contributed by atoms with van der Waals surface area (Å²) in [6.45, 7) is 13.0. The van der Waals surface area contributed by atoms with Gasteiger partial charge in [-0.1, -0.05) is 6.42 Å². The van der Waals surface area contributed by atoms with E-state index in [1.54, 1.807) is 11.3 Å². The van der Waals surface area contributed by atoms with E-state index >= 15 is 0 Å². The van der Waals surface area contributed by atoms with E-state index in [-0.39, 0.29) is 29.5 Å². The van der Waals surface area contributed by atoms with Gasteiger partial charge in [-0.2, -0.15) is 0 Å². The maximum Gasteiger partial charge on any atom is 0.191 e. The lowest BCUT2D eigenvalue weighted by molar-refractivity contribution is 0.0982. The van der Waals surface area contributed by atoms with Crippen molar-refractivity contribution in [3.05, 3.63) is 15.6 Å². The Hall–Kier alpha value is -0.410. The topological polar surface area (TPSA) is 52.6 Å². The van der Waals surface area contributed by atoms with Gasteiger partial charge in [0, 0.05) is 37.0 Å². The molecule has 2 rings (SSSR count). The SMILES string of the molecule is CN=C(NCCc1sc(C)nc1C)NCC(C)(C)N1CCCCC1.I. The minimum atomic E-state index is 0. The van der Waals surface area contributed by atoms with Crippen molar-refractivity contribution < 1.29 is 0 Å². The zero-order valence-corrected chi connectivity index (χ0v) is 19.5. The minimum Gasteiger partial charge on any atom is -0.356 e. The summed E-state index contributed by atoms with van der Waals surface area (Å²) in [7, 11) is 1.84. The normalized spacial score (nSPS) is 16.4. The first-order chi connectivity index (χ1) is 11.4. The van der Waals surface area contributed by atoms with Crippen molar-refractivity contribution in [2.75, 3.05) is 33.2 Å². The molecule has 5 nitrogen and oxygen atoms in total. The highest BCUT2D eigenvalue weighted by molar-refractivity contribution is 14.0. The first-order valence-electron chi connectivity index (χ1n) is 9.05. The third-order valence-electron chi connectivity index (χ3n) is 4.77. The van der Waals surface area contributed by atoms with Gasteiger partial charge < -0.3 is 10.6 Å². The molecule has 1 aliphatic rings. The number of piperidine rings is 1. The number of nitrogens with one attached hydrogen (secondary N) is 2. The van der Waals surface area contributed by atoms with Crippen LogP contribution in [-0.4, -0.2) is 54.6 Å². The molecule has 1 saturated heterocycles. The molecule has 2 N–H and O–H groups in total. The number of aliphatic imine (C=N–C) groups is 1. The molecule has 0 spiro atoms. The first kappa shape index (κ1) is 22.6. The van der Waals surface area contributed by atoms with Crippen LogP contribution >= 0.6 is 35.3 Å². The van der Waals surface area contributed by atoms with E-state index in [4.69, 9.17) is 0 Å². The smallest absolute Gasteiger partial charge is 0.191 e. The van der Waals surface area contributed by atoms with E-state index in [1.807, 2.05) is 7.05 Å². The van der Waals surface area contributed by atoms with Gasteiger partial charge in [0.2, 0.25) is 0 Å². The van der Waals surface area contributed by atoms with E-state index in [0.29, 0.717) is 0 Å². The predicted molar refractivity (Wildman–Crippen MR) is 120 cm³/mol. The van der Waals surface area contributed by atoms with Gasteiger partial charge in [0.1, 0.15) is 0 Å². The monoisotopic (exact) mass is 479 g/mol. The van der Waals surface area contributed by atoms with Crippen LogP contribution < -0.4 is 10.6 Å². The maximum atomic E-state index is 4.49. The molecule has 0 radical (unpaired) electrons. The Morgan fingerprint density at radius 2 is 1.88 bits per heavy atom. The molecule has 0 saturated carbocycles. The van der Waals surface area contributed by atoms with Crippen LogP contribution in [0.15, 0.2) is 4.99 Å². The predicted octanol–water partition coefficient (Wildman–Crippen LogP) is 3.35. The van der Waals surface area contributed by atoms with Gasteiger partial charge in [0.05, 0.1) is 10.7 Å². The lowest BCUT2D eigenvalue weighted by Gasteiger charge is -2.41. The zero-order valence-electron chi connectivity index (χ0n) is 16.3. The summed E-state index contributed by atoms with van der Waals surface area (Å²) in [6, 6.07) is 0. The summed E-state index contributed by atoms with van der Waals surface area (Å²) < 4.78 is 0. The standard InChI is InChI=1S/C18H33N5S.HI/c1-14-16(24-15(2)22-14)9-10-20-17(19-5)21-13-18(3,4)23-11-7-6-8-12-23;/h6-13H2,1-5H3,(H2,19,20,21);1H. The number of hydrogen-bond acceptors (Lipinski definition) is 4. The summed E-state index contributed by atoms with van der Waals surface area (Å²) in [4.78, 5) is 12.8. The number of likely N-dealkylation sites (tertiary alicyclic amines) is 1. The number of thiazole rings is 1. The Morgan fingerprint density at radius 3 is 2.44 bits per heavy atom. The fourth-order valence-electron chi connectivity index (χ4n) is 3.23. The van der Waals surface area contributed by atoms with Crippen LogP contribution in [0.25, 0.3) is 0 Å². The number of hydrogen-bond donors (Lipinski definition) is 2. The van der Waals surface area contributed by atoms with Crippen LogP contribution in [0.4, 0.5) is 0 Å². The summed E-state index contributed by atoms with van der Waals surface area (Å²) in [5.41, 5.74) is 1.32. The summed E-state index contributed by atoms with van der Waals surface area (Å²) in [5.74, 6) is 0.888. The Balaban J connectivity index is 0.00000312. The number of aromatic nitrogens is 1. The molecule has 0 atom stereocenters. The van der Waals surface area contributed by atoms with Crippen LogP contribution in [0.1, 0.15) is 48.7 Å². The quantitative estimate of drug-likeness (QED) is 0.374. The van der Waals surface area contributed by atoms with E-state index in [2.05, 4.69) is 53.2 Å². The van der Waals surface area contributed by atoms with Gasteiger partial charge in [0.25, 0.3) is 0 Å². The third kappa shape index (κ3) is 7.02. The lowest BCUT2D eigenvalue weighted by atomic mass is 9.98. The number of halogens is 1. The Morgan fingerprint density at radius 1 is 1.20 bits per heavy atom. The average molecular weight is 479 g/mol. The van der Waals surface area contributed by atoms with E-state index in [1.165, 1.54) is 37.2 Å². The van der Waals surface area contributed by atoms with Crippen molar-refractivity contribution in [1.29, 1.82) is 0 Å². The van der Waals surface area contributed by atoms with Crippen molar-refractivity contribution in [2.24, 2.45) is 4.99 Å². The molecule has 1 aromatic rings. The van der Waals surface area contributed by atoms with Gasteiger partial charge in [-0.3, -0.25) is 9.89 Å². The molecular weight excluding hydrogens is 445 g/mol. The molecule has 25 heavy (non-hydrogen) atoms. The summed E-state index contributed by atoms with van der Waals surface area (Å²) >= 11 is 1.79. The van der Waals surface area contributed by atoms with E-state index in [9.17, 15) is 0 Å². The highest BCUT2D eigenvalue weighted by atomic mass is 127. The van der Waals surface area contributed by atoms with Gasteiger partial charge in [-0.05, 0) is 53.6 Å². The van der Waals surface area contributed by atoms with Crippen LogP contribution in [0, 0.1) is 13.8 Å². The largest absolute Gasteiger partial charge is 0.356 e. The molecule has 0 aliphatic carbocycles. The van der Waals surface area contributed by atoms with Gasteiger partial charge in [-0.25, -0.2) is 4.98 Å². The second-order valence-corrected chi connectivity index (χ2v) is 8.49. The molecule has 144 valence electrons. The lowest BCUT2D eigenvalue weighted by Crippen LogP contribution is -2.55. The molecule has 2 heterocycles. The molecule has 0 aromatic carbocycles. The van der Waals surface area contributed by atoms with Crippen molar-refractivity contribution in [1.82, 2.24) is 20.5 Å². The highest BCUT2D eigenvalue weighted by Crippen LogP contribution is 2.20. The van der Waals surface area contributed by atoms with Crippen LogP contribution in [-0.2, 0) is 6.42 Å². The summed E-state index contributed by atoms with van der Waals surface area (Å²) in [5, 5.41) is 8.07. The molecule has 0 amide bonds. The number of aryl methyl sites for hydroxylation is 2. The fraction of sp³-hybridized carbons (Fsp3) is 0.778. The molecular formula is C18H34IN5S. The average Bonchev–Trinajstić information content (AvgIpc) is 2.89. The van der Waals surface area contributed by atoms with Crippen LogP contribution in [0.3, 0.4) is 0 Å². The maximum absolute atomic E-state index is 4.49. The number of guanidine groups is 1. The second kappa shape index (κ2) is 10.7. The molecule has 1 fully saturated rings. The number of rotatable bonds is 6. The molecule has 0 bridgehead atoms. The zero-order chi connectivity index (χ0) is 17.6.